The van der Waals surface area contributed by atoms with E-state index < -0.39 is 12.1 Å². The van der Waals surface area contributed by atoms with Crippen LogP contribution in [0.1, 0.15) is 66.4 Å². The van der Waals surface area contributed by atoms with Crippen molar-refractivity contribution in [3.05, 3.63) is 51.5 Å². The predicted octanol–water partition coefficient (Wildman–Crippen LogP) is 4.15. The number of esters is 1. The number of methoxy groups -OCH3 is 1. The monoisotopic (exact) mass is 423 g/mol. The Morgan fingerprint density at radius 2 is 2.10 bits per heavy atom. The van der Waals surface area contributed by atoms with E-state index in [-0.39, 0.29) is 23.6 Å². The van der Waals surface area contributed by atoms with Gasteiger partial charge in [-0.05, 0) is 50.8 Å². The van der Waals surface area contributed by atoms with Crippen molar-refractivity contribution in [3.8, 4) is 17.1 Å². The standard InChI is InChI=1S/C24H25NO6/c1-3-30-24(28)17-12-25(13-7-8-13)21-15(22(17)27)10-9-14(23(21)29-2)20-11-16-18(26)5-4-6-19(16)31-20/h9-13,18,26H,3-8H2,1-2H3. The molecular formula is C24H25NO6. The number of furan rings is 1. The first-order chi connectivity index (χ1) is 15.0. The minimum atomic E-state index is -0.612. The van der Waals surface area contributed by atoms with Gasteiger partial charge in [-0.15, -0.1) is 0 Å². The molecule has 1 fully saturated rings. The summed E-state index contributed by atoms with van der Waals surface area (Å²) in [4.78, 5) is 25.5. The number of aromatic nitrogens is 1. The van der Waals surface area contributed by atoms with Gasteiger partial charge in [0.05, 0.1) is 36.3 Å². The van der Waals surface area contributed by atoms with Crippen molar-refractivity contribution >= 4 is 16.9 Å². The second-order valence-corrected chi connectivity index (χ2v) is 8.17. The number of carbonyl (C=O) groups excluding carboxylic acids is 1. The number of benzene rings is 1. The lowest BCUT2D eigenvalue weighted by Crippen LogP contribution is -2.21. The molecule has 7 nitrogen and oxygen atoms in total. The van der Waals surface area contributed by atoms with Gasteiger partial charge in [0.1, 0.15) is 17.1 Å². The van der Waals surface area contributed by atoms with Gasteiger partial charge >= 0.3 is 5.97 Å². The van der Waals surface area contributed by atoms with E-state index in [2.05, 4.69) is 0 Å². The zero-order valence-electron chi connectivity index (χ0n) is 17.6. The fourth-order valence-electron chi connectivity index (χ4n) is 4.48. The number of hydrogen-bond donors (Lipinski definition) is 1. The molecule has 1 N–H and O–H groups in total. The van der Waals surface area contributed by atoms with E-state index >= 15 is 0 Å². The first-order valence-corrected chi connectivity index (χ1v) is 10.8. The van der Waals surface area contributed by atoms with Crippen LogP contribution in [-0.4, -0.2) is 29.4 Å². The van der Waals surface area contributed by atoms with Gasteiger partial charge in [0, 0.05) is 24.2 Å². The molecule has 2 aliphatic carbocycles. The number of aliphatic hydroxyl groups excluding tert-OH is 1. The van der Waals surface area contributed by atoms with E-state index in [1.165, 1.54) is 0 Å². The first-order valence-electron chi connectivity index (χ1n) is 10.8. The number of aliphatic hydroxyl groups is 1. The van der Waals surface area contributed by atoms with Crippen molar-refractivity contribution in [2.24, 2.45) is 0 Å². The number of aryl methyl sites for hydroxylation is 1. The lowest BCUT2D eigenvalue weighted by molar-refractivity contribution is 0.0524. The lowest BCUT2D eigenvalue weighted by Gasteiger charge is -2.17. The Morgan fingerprint density at radius 3 is 2.77 bits per heavy atom. The molecule has 0 radical (unpaired) electrons. The van der Waals surface area contributed by atoms with Crippen molar-refractivity contribution in [1.82, 2.24) is 4.57 Å². The largest absolute Gasteiger partial charge is 0.494 e. The van der Waals surface area contributed by atoms with Crippen molar-refractivity contribution in [1.29, 1.82) is 0 Å². The summed E-state index contributed by atoms with van der Waals surface area (Å²) in [6.07, 6.45) is 5.40. The van der Waals surface area contributed by atoms with Gasteiger partial charge in [-0.25, -0.2) is 4.79 Å². The molecule has 7 heteroatoms. The highest BCUT2D eigenvalue weighted by molar-refractivity contribution is 5.98. The average molecular weight is 423 g/mol. The maximum Gasteiger partial charge on any atom is 0.343 e. The number of hydrogen-bond acceptors (Lipinski definition) is 6. The van der Waals surface area contributed by atoms with E-state index in [0.717, 1.165) is 43.4 Å². The van der Waals surface area contributed by atoms with Crippen LogP contribution in [0.5, 0.6) is 5.75 Å². The van der Waals surface area contributed by atoms with Gasteiger partial charge in [0.25, 0.3) is 0 Å². The second kappa shape index (κ2) is 7.57. The summed E-state index contributed by atoms with van der Waals surface area (Å²) < 4.78 is 18.9. The van der Waals surface area contributed by atoms with E-state index in [0.29, 0.717) is 28.0 Å². The molecule has 1 saturated carbocycles. The highest BCUT2D eigenvalue weighted by Gasteiger charge is 2.30. The van der Waals surface area contributed by atoms with Crippen LogP contribution in [0.15, 0.2) is 33.6 Å². The van der Waals surface area contributed by atoms with Gasteiger partial charge < -0.3 is 23.6 Å². The molecule has 3 aromatic rings. The summed E-state index contributed by atoms with van der Waals surface area (Å²) in [7, 11) is 1.57. The fraction of sp³-hybridized carbons (Fsp3) is 0.417. The van der Waals surface area contributed by atoms with E-state index in [9.17, 15) is 14.7 Å². The normalized spacial score (nSPS) is 18.1. The van der Waals surface area contributed by atoms with Crippen LogP contribution < -0.4 is 10.2 Å². The number of carbonyl (C=O) groups is 1. The van der Waals surface area contributed by atoms with Crippen molar-refractivity contribution in [3.63, 3.8) is 0 Å². The zero-order valence-corrected chi connectivity index (χ0v) is 17.6. The maximum atomic E-state index is 13.1. The number of rotatable bonds is 5. The molecule has 1 aromatic carbocycles. The topological polar surface area (TPSA) is 90.9 Å². The minimum Gasteiger partial charge on any atom is -0.494 e. The van der Waals surface area contributed by atoms with Gasteiger partial charge in [-0.1, -0.05) is 0 Å². The molecule has 5 rings (SSSR count). The Balaban J connectivity index is 1.74. The Labute approximate surface area is 179 Å². The lowest BCUT2D eigenvalue weighted by atomic mass is 9.95. The van der Waals surface area contributed by atoms with Crippen LogP contribution in [0, 0.1) is 0 Å². The Hall–Kier alpha value is -3.06. The molecule has 0 bridgehead atoms. The van der Waals surface area contributed by atoms with Crippen LogP contribution in [0.4, 0.5) is 0 Å². The highest BCUT2D eigenvalue weighted by Crippen LogP contribution is 2.44. The molecule has 2 aromatic heterocycles. The van der Waals surface area contributed by atoms with E-state index in [1.54, 1.807) is 32.4 Å². The van der Waals surface area contributed by atoms with Crippen LogP contribution in [0.25, 0.3) is 22.2 Å². The molecule has 0 amide bonds. The Kier molecular flexibility index (Phi) is 4.85. The van der Waals surface area contributed by atoms with Crippen molar-refractivity contribution < 1.29 is 23.8 Å². The molecule has 1 atom stereocenters. The summed E-state index contributed by atoms with van der Waals surface area (Å²) in [5.41, 5.74) is 1.85. The molecule has 31 heavy (non-hydrogen) atoms. The minimum absolute atomic E-state index is 0.0349. The Morgan fingerprint density at radius 1 is 1.29 bits per heavy atom. The highest BCUT2D eigenvalue weighted by atomic mass is 16.5. The summed E-state index contributed by atoms with van der Waals surface area (Å²) in [6.45, 7) is 1.92. The molecule has 2 heterocycles. The van der Waals surface area contributed by atoms with Crippen molar-refractivity contribution in [2.45, 2.75) is 51.2 Å². The van der Waals surface area contributed by atoms with Gasteiger partial charge in [0.15, 0.2) is 5.75 Å². The van der Waals surface area contributed by atoms with Gasteiger partial charge in [-0.2, -0.15) is 0 Å². The number of nitrogens with zero attached hydrogens (tertiary/aromatic N) is 1. The molecule has 0 spiro atoms. The smallest absolute Gasteiger partial charge is 0.343 e. The molecule has 0 saturated heterocycles. The third-order valence-electron chi connectivity index (χ3n) is 6.13. The molecule has 2 aliphatic rings. The quantitative estimate of drug-likeness (QED) is 0.620. The summed E-state index contributed by atoms with van der Waals surface area (Å²) in [5, 5.41) is 10.7. The maximum absolute atomic E-state index is 13.1. The number of ether oxygens (including phenoxy) is 2. The summed E-state index contributed by atoms with van der Waals surface area (Å²) >= 11 is 0. The molecule has 1 unspecified atom stereocenters. The summed E-state index contributed by atoms with van der Waals surface area (Å²) in [5.74, 6) is 1.32. The fourth-order valence-corrected chi connectivity index (χ4v) is 4.48. The van der Waals surface area contributed by atoms with E-state index in [1.807, 2.05) is 10.6 Å². The molecule has 162 valence electrons. The number of pyridine rings is 1. The number of fused-ring (bicyclic) bond motifs is 2. The van der Waals surface area contributed by atoms with Gasteiger partial charge in [-0.3, -0.25) is 4.79 Å². The second-order valence-electron chi connectivity index (χ2n) is 8.17. The van der Waals surface area contributed by atoms with Crippen LogP contribution in [-0.2, 0) is 11.2 Å². The Bertz CT molecular complexity index is 1230. The van der Waals surface area contributed by atoms with Crippen LogP contribution in [0.3, 0.4) is 0 Å². The van der Waals surface area contributed by atoms with Crippen LogP contribution >= 0.6 is 0 Å². The molecule has 0 aliphatic heterocycles. The third-order valence-corrected chi connectivity index (χ3v) is 6.13. The van der Waals surface area contributed by atoms with Crippen molar-refractivity contribution in [2.75, 3.05) is 13.7 Å². The zero-order chi connectivity index (χ0) is 21.7. The average Bonchev–Trinajstić information content (AvgIpc) is 3.51. The van der Waals surface area contributed by atoms with Crippen LogP contribution in [0.2, 0.25) is 0 Å². The van der Waals surface area contributed by atoms with E-state index in [4.69, 9.17) is 13.9 Å². The van der Waals surface area contributed by atoms with Gasteiger partial charge in [0.2, 0.25) is 5.43 Å². The third kappa shape index (κ3) is 3.24. The summed E-state index contributed by atoms with van der Waals surface area (Å²) in [6, 6.07) is 5.57. The SMILES string of the molecule is CCOC(=O)c1cn(C2CC2)c2c(OC)c(-c3cc4c(o3)CCCC4O)ccc2c1=O. The first kappa shape index (κ1) is 19.9. The predicted molar refractivity (Wildman–Crippen MR) is 115 cm³/mol. The molecular weight excluding hydrogens is 398 g/mol.